The first-order chi connectivity index (χ1) is 14.6. The average molecular weight is 408 g/mol. The minimum absolute atomic E-state index is 0.136. The highest BCUT2D eigenvalue weighted by molar-refractivity contribution is 5.96. The van der Waals surface area contributed by atoms with E-state index in [1.54, 1.807) is 18.5 Å². The number of fused-ring (bicyclic) bond motifs is 2. The smallest absolute Gasteiger partial charge is 0.413 e. The van der Waals surface area contributed by atoms with Crippen molar-refractivity contribution in [3.05, 3.63) is 54.9 Å². The van der Waals surface area contributed by atoms with E-state index in [1.165, 1.54) is 11.7 Å². The number of ether oxygens (including phenoxy) is 1. The van der Waals surface area contributed by atoms with Gasteiger partial charge < -0.3 is 15.0 Å². The summed E-state index contributed by atoms with van der Waals surface area (Å²) in [5, 5.41) is 5.25. The summed E-state index contributed by atoms with van der Waals surface area (Å²) in [5.74, 6) is 0.136. The molecule has 0 saturated heterocycles. The molecule has 0 aliphatic heterocycles. The van der Waals surface area contributed by atoms with Crippen LogP contribution in [0.2, 0.25) is 0 Å². The fourth-order valence-electron chi connectivity index (χ4n) is 2.79. The van der Waals surface area contributed by atoms with E-state index in [9.17, 15) is 9.59 Å². The number of nitrogens with zero attached hydrogens (tertiary/aromatic N) is 3. The number of hydrogen-bond donors (Lipinski definition) is 3. The van der Waals surface area contributed by atoms with Gasteiger partial charge in [-0.3, -0.25) is 5.32 Å². The van der Waals surface area contributed by atoms with Gasteiger partial charge in [-0.25, -0.2) is 24.1 Å². The molecule has 0 unspecified atom stereocenters. The molecule has 0 saturated carbocycles. The van der Waals surface area contributed by atoms with E-state index in [0.29, 0.717) is 17.6 Å². The summed E-state index contributed by atoms with van der Waals surface area (Å²) in [6.45, 7) is 2.61. The van der Waals surface area contributed by atoms with Gasteiger partial charge in [0, 0.05) is 6.54 Å². The van der Waals surface area contributed by atoms with Gasteiger partial charge in [0.2, 0.25) is 5.95 Å². The molecule has 0 radical (unpaired) electrons. The highest BCUT2D eigenvalue weighted by atomic mass is 16.5. The van der Waals surface area contributed by atoms with Crippen molar-refractivity contribution in [1.82, 2.24) is 24.8 Å². The van der Waals surface area contributed by atoms with E-state index in [4.69, 9.17) is 0 Å². The molecule has 9 heteroatoms. The lowest BCUT2D eigenvalue weighted by atomic mass is 10.3. The Morgan fingerprint density at radius 3 is 2.57 bits per heavy atom. The average Bonchev–Trinajstić information content (AvgIpc) is 3.38. The van der Waals surface area contributed by atoms with Gasteiger partial charge in [0.15, 0.2) is 0 Å². The number of amides is 2. The van der Waals surface area contributed by atoms with E-state index >= 15 is 0 Å². The van der Waals surface area contributed by atoms with Crippen LogP contribution >= 0.6 is 0 Å². The fourth-order valence-corrected chi connectivity index (χ4v) is 2.79. The first-order valence-electron chi connectivity index (χ1n) is 9.62. The minimum atomic E-state index is -0.673. The number of methoxy groups -OCH3 is 1. The quantitative estimate of drug-likeness (QED) is 0.439. The molecule has 9 nitrogen and oxygen atoms in total. The molecule has 4 rings (SSSR count). The number of para-hydroxylation sites is 4. The molecule has 0 aliphatic carbocycles. The molecule has 2 aromatic carbocycles. The SMILES string of the molecule is CCCCNC(=O)n1c(NC(=O)OC)nc2ccccc21.c1ccc2[nH]cnc2c1. The maximum Gasteiger partial charge on any atom is 0.413 e. The van der Waals surface area contributed by atoms with Gasteiger partial charge in [-0.15, -0.1) is 0 Å². The molecule has 4 aromatic rings. The van der Waals surface area contributed by atoms with E-state index in [2.05, 4.69) is 30.3 Å². The number of anilines is 1. The van der Waals surface area contributed by atoms with Gasteiger partial charge in [-0.1, -0.05) is 37.6 Å². The number of H-pyrrole nitrogens is 1. The normalized spacial score (nSPS) is 10.3. The van der Waals surface area contributed by atoms with Gasteiger partial charge >= 0.3 is 12.1 Å². The second-order valence-corrected chi connectivity index (χ2v) is 6.38. The molecule has 2 amide bonds. The van der Waals surface area contributed by atoms with Gasteiger partial charge in [0.05, 0.1) is 35.5 Å². The van der Waals surface area contributed by atoms with Crippen LogP contribution < -0.4 is 10.6 Å². The third-order valence-corrected chi connectivity index (χ3v) is 4.30. The van der Waals surface area contributed by atoms with Crippen LogP contribution in [0, 0.1) is 0 Å². The van der Waals surface area contributed by atoms with Crippen molar-refractivity contribution >= 4 is 40.1 Å². The zero-order chi connectivity index (χ0) is 21.3. The summed E-state index contributed by atoms with van der Waals surface area (Å²) in [6.07, 6.45) is 2.90. The predicted octanol–water partition coefficient (Wildman–Crippen LogP) is 4.14. The summed E-state index contributed by atoms with van der Waals surface area (Å²) >= 11 is 0. The second kappa shape index (κ2) is 10.1. The van der Waals surface area contributed by atoms with E-state index in [0.717, 1.165) is 23.9 Å². The second-order valence-electron chi connectivity index (χ2n) is 6.38. The Bertz CT molecular complexity index is 1100. The summed E-state index contributed by atoms with van der Waals surface area (Å²) in [6, 6.07) is 14.8. The Hall–Kier alpha value is -3.88. The topological polar surface area (TPSA) is 114 Å². The predicted molar refractivity (Wildman–Crippen MR) is 116 cm³/mol. The molecule has 0 bridgehead atoms. The fraction of sp³-hybridized carbons (Fsp3) is 0.238. The number of carbonyl (C=O) groups is 2. The van der Waals surface area contributed by atoms with Gasteiger partial charge in [-0.05, 0) is 30.7 Å². The molecule has 0 aliphatic rings. The number of hydrogen-bond acceptors (Lipinski definition) is 5. The Balaban J connectivity index is 0.000000234. The zero-order valence-corrected chi connectivity index (χ0v) is 16.9. The van der Waals surface area contributed by atoms with Crippen molar-refractivity contribution in [3.63, 3.8) is 0 Å². The van der Waals surface area contributed by atoms with Crippen LogP contribution in [0.5, 0.6) is 0 Å². The van der Waals surface area contributed by atoms with Crippen LogP contribution in [0.15, 0.2) is 54.9 Å². The van der Waals surface area contributed by atoms with Gasteiger partial charge in [-0.2, -0.15) is 0 Å². The highest BCUT2D eigenvalue weighted by Gasteiger charge is 2.18. The molecule has 0 atom stereocenters. The van der Waals surface area contributed by atoms with Gasteiger partial charge in [0.25, 0.3) is 0 Å². The lowest BCUT2D eigenvalue weighted by Crippen LogP contribution is -2.31. The first kappa shape index (κ1) is 20.8. The first-order valence-corrected chi connectivity index (χ1v) is 9.62. The lowest BCUT2D eigenvalue weighted by Gasteiger charge is -2.09. The molecule has 3 N–H and O–H groups in total. The van der Waals surface area contributed by atoms with Gasteiger partial charge in [0.1, 0.15) is 0 Å². The Labute approximate surface area is 173 Å². The van der Waals surface area contributed by atoms with Crippen molar-refractivity contribution in [3.8, 4) is 0 Å². The van der Waals surface area contributed by atoms with Crippen molar-refractivity contribution in [1.29, 1.82) is 0 Å². The third-order valence-electron chi connectivity index (χ3n) is 4.30. The molecular formula is C21H24N6O3. The van der Waals surface area contributed by atoms with Crippen LogP contribution in [0.1, 0.15) is 19.8 Å². The summed E-state index contributed by atoms with van der Waals surface area (Å²) in [7, 11) is 1.25. The monoisotopic (exact) mass is 408 g/mol. The standard InChI is InChI=1S/C14H18N4O3.C7H6N2/c1-3-4-9-15-13(19)18-11-8-6-5-7-10(11)16-12(18)17-14(20)21-2;1-2-4-7-6(3-1)8-5-9-7/h5-8H,3-4,9H2,1-2H3,(H,15,19)(H,16,17,20);1-5H,(H,8,9). The molecule has 156 valence electrons. The maximum atomic E-state index is 12.3. The van der Waals surface area contributed by atoms with Crippen molar-refractivity contribution in [2.45, 2.75) is 19.8 Å². The number of imidazole rings is 2. The number of rotatable bonds is 4. The third kappa shape index (κ3) is 4.93. The number of unbranched alkanes of at least 4 members (excludes halogenated alkanes) is 1. The van der Waals surface area contributed by atoms with Crippen molar-refractivity contribution in [2.24, 2.45) is 0 Å². The summed E-state index contributed by atoms with van der Waals surface area (Å²) in [4.78, 5) is 35.0. The molecule has 0 fully saturated rings. The van der Waals surface area contributed by atoms with E-state index in [-0.39, 0.29) is 12.0 Å². The van der Waals surface area contributed by atoms with Crippen LogP contribution in [0.25, 0.3) is 22.1 Å². The number of benzene rings is 2. The number of nitrogens with one attached hydrogen (secondary N) is 3. The number of carbonyl (C=O) groups excluding carboxylic acids is 2. The van der Waals surface area contributed by atoms with Crippen molar-refractivity contribution in [2.75, 3.05) is 19.0 Å². The number of aromatic nitrogens is 4. The summed E-state index contributed by atoms with van der Waals surface area (Å²) in [5.41, 5.74) is 3.36. The Kier molecular flexibility index (Phi) is 6.99. The van der Waals surface area contributed by atoms with Crippen LogP contribution in [-0.2, 0) is 4.74 Å². The molecule has 30 heavy (non-hydrogen) atoms. The molecule has 2 heterocycles. The van der Waals surface area contributed by atoms with Crippen LogP contribution in [0.4, 0.5) is 15.5 Å². The Morgan fingerprint density at radius 2 is 1.83 bits per heavy atom. The summed E-state index contributed by atoms with van der Waals surface area (Å²) < 4.78 is 5.88. The number of aromatic amines is 1. The Morgan fingerprint density at radius 1 is 1.10 bits per heavy atom. The molecule has 0 spiro atoms. The molecule has 2 aromatic heterocycles. The molecular weight excluding hydrogens is 384 g/mol. The maximum absolute atomic E-state index is 12.3. The van der Waals surface area contributed by atoms with Crippen molar-refractivity contribution < 1.29 is 14.3 Å². The van der Waals surface area contributed by atoms with Crippen LogP contribution in [0.3, 0.4) is 0 Å². The van der Waals surface area contributed by atoms with E-state index < -0.39 is 6.09 Å². The highest BCUT2D eigenvalue weighted by Crippen LogP contribution is 2.19. The van der Waals surface area contributed by atoms with Crippen LogP contribution in [-0.4, -0.2) is 45.3 Å². The minimum Gasteiger partial charge on any atom is -0.453 e. The largest absolute Gasteiger partial charge is 0.453 e. The van der Waals surface area contributed by atoms with E-state index in [1.807, 2.05) is 43.3 Å². The lowest BCUT2D eigenvalue weighted by molar-refractivity contribution is 0.186. The zero-order valence-electron chi connectivity index (χ0n) is 16.9.